The number of aromatic nitrogens is 1. The molecule has 0 radical (unpaired) electrons. The van der Waals surface area contributed by atoms with Crippen LogP contribution >= 0.6 is 11.3 Å². The highest BCUT2D eigenvalue weighted by molar-refractivity contribution is 7.91. The van der Waals surface area contributed by atoms with Gasteiger partial charge < -0.3 is 11.1 Å². The molecule has 2 atom stereocenters. The van der Waals surface area contributed by atoms with Crippen molar-refractivity contribution in [2.24, 2.45) is 11.7 Å². The van der Waals surface area contributed by atoms with Gasteiger partial charge >= 0.3 is 0 Å². The Morgan fingerprint density at radius 1 is 1.50 bits per heavy atom. The van der Waals surface area contributed by atoms with E-state index in [0.717, 1.165) is 11.3 Å². The lowest BCUT2D eigenvalue weighted by Gasteiger charge is -2.28. The maximum absolute atomic E-state index is 13.0. The van der Waals surface area contributed by atoms with Crippen LogP contribution in [0.2, 0.25) is 0 Å². The molecule has 1 aromatic heterocycles. The first kappa shape index (κ1) is 20.5. The van der Waals surface area contributed by atoms with E-state index >= 15 is 0 Å². The standard InChI is InChI=1S/C15H22N4O5S2/c1-10(14(16)22)4-5-13(21)19(11-3-2-6-17-9-12(11)20)26(23,24)15-18-7-8-25-15/h7-8,10-11,17H,2-6,9H2,1H3,(H2,16,22)/t10?,11-/m0/s1. The topological polar surface area (TPSA) is 140 Å². The summed E-state index contributed by atoms with van der Waals surface area (Å²) in [5, 5.41) is 4.40. The molecule has 0 aromatic carbocycles. The highest BCUT2D eigenvalue weighted by Crippen LogP contribution is 2.25. The number of nitrogens with zero attached hydrogens (tertiary/aromatic N) is 2. The number of sulfonamides is 1. The van der Waals surface area contributed by atoms with E-state index in [-0.39, 0.29) is 35.9 Å². The Labute approximate surface area is 156 Å². The number of thiazole rings is 1. The van der Waals surface area contributed by atoms with Crippen molar-refractivity contribution in [2.45, 2.75) is 43.0 Å². The molecule has 26 heavy (non-hydrogen) atoms. The van der Waals surface area contributed by atoms with Gasteiger partial charge in [-0.25, -0.2) is 9.29 Å². The Hall–Kier alpha value is -1.85. The fourth-order valence-electron chi connectivity index (χ4n) is 2.65. The van der Waals surface area contributed by atoms with E-state index in [9.17, 15) is 22.8 Å². The van der Waals surface area contributed by atoms with E-state index in [4.69, 9.17) is 5.73 Å². The van der Waals surface area contributed by atoms with Crippen LogP contribution < -0.4 is 11.1 Å². The molecule has 0 aliphatic carbocycles. The monoisotopic (exact) mass is 402 g/mol. The molecule has 0 spiro atoms. The number of Topliss-reactive ketones (excluding diaryl/α,β-unsaturated/α-hetero) is 1. The second kappa shape index (κ2) is 8.69. The van der Waals surface area contributed by atoms with Crippen LogP contribution in [0.1, 0.15) is 32.6 Å². The highest BCUT2D eigenvalue weighted by atomic mass is 32.2. The second-order valence-corrected chi connectivity index (χ2v) is 9.02. The summed E-state index contributed by atoms with van der Waals surface area (Å²) in [4.78, 5) is 40.1. The molecule has 3 N–H and O–H groups in total. The molecule has 0 saturated carbocycles. The Kier molecular flexibility index (Phi) is 6.84. The fraction of sp³-hybridized carbons (Fsp3) is 0.600. The van der Waals surface area contributed by atoms with Gasteiger partial charge in [0.1, 0.15) is 6.04 Å². The number of carbonyl (C=O) groups excluding carboxylic acids is 3. The molecular weight excluding hydrogens is 380 g/mol. The minimum absolute atomic E-state index is 0.000472. The van der Waals surface area contributed by atoms with Gasteiger partial charge in [0.25, 0.3) is 10.0 Å². The number of carbonyl (C=O) groups is 3. The molecule has 0 bridgehead atoms. The number of nitrogens with two attached hydrogens (primary N) is 1. The molecule has 1 aliphatic heterocycles. The SMILES string of the molecule is CC(CCC(=O)N([C@H]1CCCNCC1=O)S(=O)(=O)c1nccs1)C(N)=O. The lowest BCUT2D eigenvalue weighted by atomic mass is 10.0. The van der Waals surface area contributed by atoms with Crippen molar-refractivity contribution in [1.29, 1.82) is 0 Å². The zero-order valence-electron chi connectivity index (χ0n) is 14.4. The molecule has 1 unspecified atom stereocenters. The first-order valence-corrected chi connectivity index (χ1v) is 10.6. The van der Waals surface area contributed by atoms with Crippen LogP contribution in [-0.4, -0.2) is 54.4 Å². The van der Waals surface area contributed by atoms with Crippen molar-refractivity contribution < 1.29 is 22.8 Å². The van der Waals surface area contributed by atoms with Gasteiger partial charge in [0.2, 0.25) is 16.2 Å². The number of amides is 2. The number of rotatable bonds is 7. The van der Waals surface area contributed by atoms with Crippen molar-refractivity contribution >= 4 is 39.0 Å². The van der Waals surface area contributed by atoms with Crippen LogP contribution in [0.15, 0.2) is 15.9 Å². The third-order valence-corrected chi connectivity index (χ3v) is 7.21. The molecule has 1 aromatic rings. The molecule has 1 aliphatic rings. The number of nitrogens with one attached hydrogen (secondary N) is 1. The molecule has 144 valence electrons. The van der Waals surface area contributed by atoms with Crippen LogP contribution in [0, 0.1) is 5.92 Å². The van der Waals surface area contributed by atoms with Crippen molar-refractivity contribution in [2.75, 3.05) is 13.1 Å². The maximum Gasteiger partial charge on any atom is 0.294 e. The molecule has 11 heteroatoms. The van der Waals surface area contributed by atoms with Gasteiger partial charge in [-0.2, -0.15) is 8.42 Å². The smallest absolute Gasteiger partial charge is 0.294 e. The minimum Gasteiger partial charge on any atom is -0.369 e. The third-order valence-electron chi connectivity index (χ3n) is 4.20. The van der Waals surface area contributed by atoms with Crippen LogP contribution in [0.4, 0.5) is 0 Å². The Morgan fingerprint density at radius 2 is 2.23 bits per heavy atom. The predicted molar refractivity (Wildman–Crippen MR) is 94.6 cm³/mol. The minimum atomic E-state index is -4.25. The van der Waals surface area contributed by atoms with Crippen molar-refractivity contribution in [3.8, 4) is 0 Å². The molecule has 2 heterocycles. The largest absolute Gasteiger partial charge is 0.369 e. The molecule has 2 amide bonds. The lowest BCUT2D eigenvalue weighted by molar-refractivity contribution is -0.134. The van der Waals surface area contributed by atoms with Crippen LogP contribution in [0.25, 0.3) is 0 Å². The first-order chi connectivity index (χ1) is 12.2. The van der Waals surface area contributed by atoms with Crippen LogP contribution in [0.3, 0.4) is 0 Å². The van der Waals surface area contributed by atoms with E-state index in [1.807, 2.05) is 0 Å². The Morgan fingerprint density at radius 3 is 2.85 bits per heavy atom. The third kappa shape index (κ3) is 4.65. The van der Waals surface area contributed by atoms with Gasteiger partial charge in [-0.15, -0.1) is 11.3 Å². The van der Waals surface area contributed by atoms with Crippen molar-refractivity contribution in [3.63, 3.8) is 0 Å². The predicted octanol–water partition coefficient (Wildman–Crippen LogP) is -0.117. The quantitative estimate of drug-likeness (QED) is 0.648. The number of ketones is 1. The van der Waals surface area contributed by atoms with E-state index in [1.165, 1.54) is 11.6 Å². The fourth-order valence-corrected chi connectivity index (χ4v) is 5.18. The van der Waals surface area contributed by atoms with Crippen LogP contribution in [-0.2, 0) is 24.4 Å². The maximum atomic E-state index is 13.0. The second-order valence-electron chi connectivity index (χ2n) is 6.14. The van der Waals surface area contributed by atoms with Crippen molar-refractivity contribution in [1.82, 2.24) is 14.6 Å². The molecule has 2 rings (SSSR count). The summed E-state index contributed by atoms with van der Waals surface area (Å²) in [6.07, 6.45) is 2.04. The summed E-state index contributed by atoms with van der Waals surface area (Å²) in [6, 6.07) is -1.07. The zero-order valence-corrected chi connectivity index (χ0v) is 16.0. The van der Waals surface area contributed by atoms with Gasteiger partial charge in [-0.3, -0.25) is 14.4 Å². The summed E-state index contributed by atoms with van der Waals surface area (Å²) >= 11 is 0.881. The van der Waals surface area contributed by atoms with Crippen molar-refractivity contribution in [3.05, 3.63) is 11.6 Å². The molecule has 1 saturated heterocycles. The van der Waals surface area contributed by atoms with E-state index in [2.05, 4.69) is 10.3 Å². The Balaban J connectivity index is 2.33. The first-order valence-electron chi connectivity index (χ1n) is 8.24. The zero-order chi connectivity index (χ0) is 19.3. The van der Waals surface area contributed by atoms with Gasteiger partial charge in [0, 0.05) is 23.9 Å². The Bertz CT molecular complexity index is 763. The summed E-state index contributed by atoms with van der Waals surface area (Å²) in [6.45, 7) is 2.13. The summed E-state index contributed by atoms with van der Waals surface area (Å²) < 4.78 is 26.3. The molecular formula is C15H22N4O5S2. The number of hydrogen-bond donors (Lipinski definition) is 2. The van der Waals surface area contributed by atoms with Gasteiger partial charge in [0.05, 0.1) is 6.54 Å². The highest BCUT2D eigenvalue weighted by Gasteiger charge is 2.40. The number of hydrogen-bond acceptors (Lipinski definition) is 8. The normalized spacial score (nSPS) is 19.6. The summed E-state index contributed by atoms with van der Waals surface area (Å²) in [5.74, 6) is -2.23. The van der Waals surface area contributed by atoms with E-state index < -0.39 is 33.8 Å². The summed E-state index contributed by atoms with van der Waals surface area (Å²) in [5.41, 5.74) is 5.19. The average molecular weight is 402 g/mol. The van der Waals surface area contributed by atoms with Gasteiger partial charge in [-0.1, -0.05) is 6.92 Å². The van der Waals surface area contributed by atoms with Crippen LogP contribution in [0.5, 0.6) is 0 Å². The molecule has 1 fully saturated rings. The molecule has 9 nitrogen and oxygen atoms in total. The van der Waals surface area contributed by atoms with E-state index in [1.54, 1.807) is 6.92 Å². The summed E-state index contributed by atoms with van der Waals surface area (Å²) in [7, 11) is -4.25. The van der Waals surface area contributed by atoms with Gasteiger partial charge in [0.15, 0.2) is 5.78 Å². The average Bonchev–Trinajstić information content (AvgIpc) is 3.05. The lowest BCUT2D eigenvalue weighted by Crippen LogP contribution is -2.49. The van der Waals surface area contributed by atoms with E-state index in [0.29, 0.717) is 17.3 Å². The number of primary amides is 1. The van der Waals surface area contributed by atoms with Gasteiger partial charge in [-0.05, 0) is 25.8 Å².